The van der Waals surface area contributed by atoms with Gasteiger partial charge in [-0.2, -0.15) is 0 Å². The predicted molar refractivity (Wildman–Crippen MR) is 88.3 cm³/mol. The fourth-order valence-electron chi connectivity index (χ4n) is 2.20. The molecule has 0 aromatic heterocycles. The summed E-state index contributed by atoms with van der Waals surface area (Å²) in [6.45, 7) is 4.42. The van der Waals surface area contributed by atoms with E-state index in [9.17, 15) is 14.3 Å². The van der Waals surface area contributed by atoms with Gasteiger partial charge in [-0.15, -0.1) is 0 Å². The van der Waals surface area contributed by atoms with Crippen molar-refractivity contribution in [2.45, 2.75) is 39.3 Å². The first-order valence-corrected chi connectivity index (χ1v) is 9.15. The van der Waals surface area contributed by atoms with E-state index in [2.05, 4.69) is 9.84 Å². The zero-order chi connectivity index (χ0) is 18.2. The zero-order valence-corrected chi connectivity index (χ0v) is 15.4. The van der Waals surface area contributed by atoms with E-state index >= 15 is 0 Å². The average molecular weight is 358 g/mol. The number of ether oxygens (including phenoxy) is 1. The number of phosphoric ester groups is 1. The highest BCUT2D eigenvalue weighted by Crippen LogP contribution is 2.43. The Balaban J connectivity index is 2.69. The summed E-state index contributed by atoms with van der Waals surface area (Å²) in [5.74, 6) is -0.0538. The number of rotatable bonds is 10. The van der Waals surface area contributed by atoms with Crippen LogP contribution in [0.5, 0.6) is 0 Å². The summed E-state index contributed by atoms with van der Waals surface area (Å²) >= 11 is 0. The summed E-state index contributed by atoms with van der Waals surface area (Å²) in [7, 11) is -1.65. The van der Waals surface area contributed by atoms with Gasteiger partial charge in [-0.25, -0.2) is 0 Å². The third-order valence-electron chi connectivity index (χ3n) is 3.53. The third kappa shape index (κ3) is 7.11. The van der Waals surface area contributed by atoms with Crippen molar-refractivity contribution >= 4 is 13.7 Å². The Hall–Kier alpha value is -1.24. The van der Waals surface area contributed by atoms with Crippen LogP contribution in [0, 0.1) is 6.92 Å². The SMILES string of the molecule is COCCCC(=O)NCc1ccc(C)c(C(C)OP(=O)([O-])OC)c1. The number of aryl methyl sites for hydroxylation is 1. The number of benzene rings is 1. The van der Waals surface area contributed by atoms with Crippen LogP contribution in [0.4, 0.5) is 0 Å². The van der Waals surface area contributed by atoms with E-state index in [-0.39, 0.29) is 5.91 Å². The van der Waals surface area contributed by atoms with Gasteiger partial charge in [-0.1, -0.05) is 18.2 Å². The minimum atomic E-state index is -4.31. The van der Waals surface area contributed by atoms with E-state index in [0.29, 0.717) is 26.0 Å². The fraction of sp³-hybridized carbons (Fsp3) is 0.562. The third-order valence-corrected chi connectivity index (χ3v) is 4.56. The van der Waals surface area contributed by atoms with Gasteiger partial charge in [0.15, 0.2) is 0 Å². The van der Waals surface area contributed by atoms with Crippen LogP contribution in [0.15, 0.2) is 18.2 Å². The molecule has 8 heteroatoms. The van der Waals surface area contributed by atoms with Gasteiger partial charge in [-0.3, -0.25) is 9.36 Å². The van der Waals surface area contributed by atoms with E-state index in [1.807, 2.05) is 25.1 Å². The first-order valence-electron chi connectivity index (χ1n) is 7.69. The van der Waals surface area contributed by atoms with Crippen LogP contribution in [0.25, 0.3) is 0 Å². The molecule has 0 spiro atoms. The Kier molecular flexibility index (Phi) is 8.59. The molecule has 1 aromatic carbocycles. The van der Waals surface area contributed by atoms with Crippen molar-refractivity contribution in [3.05, 3.63) is 34.9 Å². The largest absolute Gasteiger partial charge is 0.756 e. The first kappa shape index (κ1) is 20.8. The number of phosphoric acid groups is 1. The number of carbonyl (C=O) groups excluding carboxylic acids is 1. The molecule has 2 atom stereocenters. The maximum absolute atomic E-state index is 11.7. The lowest BCUT2D eigenvalue weighted by molar-refractivity contribution is -0.226. The molecule has 0 saturated carbocycles. The monoisotopic (exact) mass is 358 g/mol. The summed E-state index contributed by atoms with van der Waals surface area (Å²) < 4.78 is 25.7. The van der Waals surface area contributed by atoms with Gasteiger partial charge in [0.2, 0.25) is 5.91 Å². The van der Waals surface area contributed by atoms with Gasteiger partial charge in [0.25, 0.3) is 7.82 Å². The van der Waals surface area contributed by atoms with Gasteiger partial charge in [-0.05, 0) is 37.0 Å². The van der Waals surface area contributed by atoms with Crippen LogP contribution in [0.1, 0.15) is 42.6 Å². The van der Waals surface area contributed by atoms with Gasteiger partial charge >= 0.3 is 0 Å². The van der Waals surface area contributed by atoms with Crippen molar-refractivity contribution in [3.8, 4) is 0 Å². The predicted octanol–water partition coefficient (Wildman–Crippen LogP) is 2.23. The molecular weight excluding hydrogens is 333 g/mol. The van der Waals surface area contributed by atoms with Crippen molar-refractivity contribution in [2.24, 2.45) is 0 Å². The zero-order valence-electron chi connectivity index (χ0n) is 14.5. The molecule has 0 aliphatic carbocycles. The second-order valence-corrected chi connectivity index (χ2v) is 6.91. The maximum atomic E-state index is 11.7. The lowest BCUT2D eigenvalue weighted by Crippen LogP contribution is -2.23. The highest BCUT2D eigenvalue weighted by atomic mass is 31.2. The summed E-state index contributed by atoms with van der Waals surface area (Å²) in [4.78, 5) is 23.2. The summed E-state index contributed by atoms with van der Waals surface area (Å²) in [5.41, 5.74) is 2.49. The van der Waals surface area contributed by atoms with Crippen LogP contribution in [-0.4, -0.2) is 26.7 Å². The lowest BCUT2D eigenvalue weighted by Gasteiger charge is -2.26. The van der Waals surface area contributed by atoms with Crippen LogP contribution in [-0.2, 0) is 29.7 Å². The number of nitrogens with one attached hydrogen (secondary N) is 1. The number of carbonyl (C=O) groups is 1. The molecule has 2 unspecified atom stereocenters. The van der Waals surface area contributed by atoms with Crippen molar-refractivity contribution in [1.29, 1.82) is 0 Å². The first-order chi connectivity index (χ1) is 11.3. The molecule has 0 saturated heterocycles. The van der Waals surface area contributed by atoms with Gasteiger partial charge < -0.3 is 24.0 Å². The molecule has 0 radical (unpaired) electrons. The Morgan fingerprint density at radius 3 is 2.71 bits per heavy atom. The highest BCUT2D eigenvalue weighted by Gasteiger charge is 2.17. The van der Waals surface area contributed by atoms with E-state index in [0.717, 1.165) is 23.8 Å². The molecule has 1 amide bonds. The standard InChI is InChI=1S/C16H26NO6P/c1-12-7-8-14(11-17-16(18)6-5-9-21-3)10-15(12)13(2)23-24(19,20)22-4/h7-8,10,13H,5-6,9,11H2,1-4H3,(H,17,18)(H,19,20)/p-1. The Labute approximate surface area is 142 Å². The molecule has 7 nitrogen and oxygen atoms in total. The van der Waals surface area contributed by atoms with Crippen molar-refractivity contribution in [2.75, 3.05) is 20.8 Å². The molecular formula is C16H25NO6P-. The van der Waals surface area contributed by atoms with Gasteiger partial charge in [0.1, 0.15) is 0 Å². The Bertz CT molecular complexity index is 592. The molecule has 24 heavy (non-hydrogen) atoms. The van der Waals surface area contributed by atoms with E-state index in [1.165, 1.54) is 0 Å². The summed E-state index contributed by atoms with van der Waals surface area (Å²) in [5, 5.41) is 2.83. The molecule has 0 bridgehead atoms. The number of amides is 1. The van der Waals surface area contributed by atoms with Crippen LogP contribution < -0.4 is 10.2 Å². The minimum Gasteiger partial charge on any atom is -0.756 e. The molecule has 0 fully saturated rings. The average Bonchev–Trinajstić information content (AvgIpc) is 2.53. The lowest BCUT2D eigenvalue weighted by atomic mass is 10.0. The van der Waals surface area contributed by atoms with Crippen molar-refractivity contribution in [3.63, 3.8) is 0 Å². The number of methoxy groups -OCH3 is 1. The topological polar surface area (TPSA) is 96.9 Å². The Morgan fingerprint density at radius 2 is 2.08 bits per heavy atom. The number of hydrogen-bond acceptors (Lipinski definition) is 6. The normalized spacial score (nSPS) is 14.9. The number of hydrogen-bond donors (Lipinski definition) is 1. The second kappa shape index (κ2) is 9.91. The molecule has 136 valence electrons. The summed E-state index contributed by atoms with van der Waals surface area (Å²) in [6.07, 6.45) is 0.396. The van der Waals surface area contributed by atoms with Gasteiger partial charge in [0.05, 0.1) is 6.10 Å². The van der Waals surface area contributed by atoms with Crippen molar-refractivity contribution in [1.82, 2.24) is 5.32 Å². The quantitative estimate of drug-likeness (QED) is 0.509. The second-order valence-electron chi connectivity index (χ2n) is 5.44. The molecule has 0 heterocycles. The highest BCUT2D eigenvalue weighted by molar-refractivity contribution is 7.45. The van der Waals surface area contributed by atoms with E-state index < -0.39 is 13.9 Å². The summed E-state index contributed by atoms with van der Waals surface area (Å²) in [6, 6.07) is 5.57. The molecule has 1 N–H and O–H groups in total. The Morgan fingerprint density at radius 1 is 1.38 bits per heavy atom. The molecule has 1 aromatic rings. The minimum absolute atomic E-state index is 0.0538. The van der Waals surface area contributed by atoms with Gasteiger partial charge in [0, 0.05) is 33.8 Å². The molecule has 1 rings (SSSR count). The van der Waals surface area contributed by atoms with E-state index in [1.54, 1.807) is 14.0 Å². The van der Waals surface area contributed by atoms with Crippen LogP contribution in [0.3, 0.4) is 0 Å². The fourth-order valence-corrected chi connectivity index (χ4v) is 2.78. The van der Waals surface area contributed by atoms with Crippen LogP contribution >= 0.6 is 7.82 Å². The molecule has 0 aliphatic rings. The van der Waals surface area contributed by atoms with Crippen molar-refractivity contribution < 1.29 is 28.0 Å². The smallest absolute Gasteiger partial charge is 0.268 e. The molecule has 0 aliphatic heterocycles. The van der Waals surface area contributed by atoms with E-state index in [4.69, 9.17) is 9.26 Å². The van der Waals surface area contributed by atoms with Crippen LogP contribution in [0.2, 0.25) is 0 Å². The maximum Gasteiger partial charge on any atom is 0.268 e.